The zero-order chi connectivity index (χ0) is 22.9. The van der Waals surface area contributed by atoms with Gasteiger partial charge in [-0.25, -0.2) is 8.42 Å². The van der Waals surface area contributed by atoms with Gasteiger partial charge in [-0.15, -0.1) is 23.7 Å². The predicted octanol–water partition coefficient (Wildman–Crippen LogP) is 3.07. The molecule has 3 heterocycles. The van der Waals surface area contributed by atoms with Crippen LogP contribution in [0.4, 0.5) is 5.00 Å². The van der Waals surface area contributed by atoms with Crippen LogP contribution in [-0.2, 0) is 23.0 Å². The summed E-state index contributed by atoms with van der Waals surface area (Å²) in [5.74, 6) is -0.953. The van der Waals surface area contributed by atoms with Crippen LogP contribution in [0.5, 0.6) is 0 Å². The number of carbonyl (C=O) groups excluding carboxylic acids is 2. The molecular weight excluding hydrogens is 484 g/mol. The van der Waals surface area contributed by atoms with Gasteiger partial charge in [0.05, 0.1) is 10.5 Å². The summed E-state index contributed by atoms with van der Waals surface area (Å²) in [7, 11) is -3.55. The third-order valence-electron chi connectivity index (χ3n) is 6.13. The van der Waals surface area contributed by atoms with Gasteiger partial charge < -0.3 is 11.1 Å². The molecule has 0 saturated carbocycles. The lowest BCUT2D eigenvalue weighted by molar-refractivity contribution is 0.1000. The molecule has 33 heavy (non-hydrogen) atoms. The Balaban J connectivity index is 0.00000306. The summed E-state index contributed by atoms with van der Waals surface area (Å²) < 4.78 is 27.1. The molecule has 1 aromatic heterocycles. The lowest BCUT2D eigenvalue weighted by atomic mass is 10.0. The van der Waals surface area contributed by atoms with Crippen LogP contribution in [0.15, 0.2) is 29.2 Å². The van der Waals surface area contributed by atoms with E-state index in [1.807, 2.05) is 0 Å². The van der Waals surface area contributed by atoms with Gasteiger partial charge >= 0.3 is 0 Å². The van der Waals surface area contributed by atoms with Crippen molar-refractivity contribution in [3.63, 3.8) is 0 Å². The number of anilines is 1. The Kier molecular flexibility index (Phi) is 8.17. The van der Waals surface area contributed by atoms with Crippen LogP contribution in [0, 0.1) is 0 Å². The SMILES string of the molecule is CCN1CCc2c(sc(NC(=O)c3ccc(S(=O)(=O)N4CCCCC4)cc3)c2C(N)=O)C1.Cl. The summed E-state index contributed by atoms with van der Waals surface area (Å²) in [6.07, 6.45) is 3.49. The largest absolute Gasteiger partial charge is 0.365 e. The van der Waals surface area contributed by atoms with E-state index in [-0.39, 0.29) is 17.3 Å². The van der Waals surface area contributed by atoms with Gasteiger partial charge in [-0.1, -0.05) is 13.3 Å². The summed E-state index contributed by atoms with van der Waals surface area (Å²) in [6.45, 7) is 5.64. The van der Waals surface area contributed by atoms with E-state index in [0.29, 0.717) is 29.2 Å². The molecule has 11 heteroatoms. The zero-order valence-corrected chi connectivity index (χ0v) is 21.0. The first-order valence-electron chi connectivity index (χ1n) is 10.9. The number of hydrogen-bond acceptors (Lipinski definition) is 6. The number of thiophene rings is 1. The van der Waals surface area contributed by atoms with E-state index < -0.39 is 21.8 Å². The lowest BCUT2D eigenvalue weighted by Gasteiger charge is -2.25. The molecule has 0 bridgehead atoms. The molecule has 0 spiro atoms. The highest BCUT2D eigenvalue weighted by atomic mass is 35.5. The van der Waals surface area contributed by atoms with Gasteiger partial charge in [0.15, 0.2) is 0 Å². The average molecular weight is 513 g/mol. The maximum Gasteiger partial charge on any atom is 0.256 e. The number of likely N-dealkylation sites (N-methyl/N-ethyl adjacent to an activating group) is 1. The standard InChI is InChI=1S/C22H28N4O4S2.ClH/c1-2-25-13-10-17-18(14-25)31-22(19(17)20(23)27)24-21(28)15-6-8-16(9-7-15)32(29,30)26-11-4-3-5-12-26;/h6-9H,2-5,10-14H2,1H3,(H2,23,27)(H,24,28);1H. The monoisotopic (exact) mass is 512 g/mol. The van der Waals surface area contributed by atoms with Crippen LogP contribution >= 0.6 is 23.7 Å². The smallest absolute Gasteiger partial charge is 0.256 e. The Morgan fingerprint density at radius 2 is 1.76 bits per heavy atom. The summed E-state index contributed by atoms with van der Waals surface area (Å²) in [5, 5.41) is 3.27. The highest BCUT2D eigenvalue weighted by Crippen LogP contribution is 2.37. The second kappa shape index (κ2) is 10.5. The van der Waals surface area contributed by atoms with Crippen molar-refractivity contribution in [2.45, 2.75) is 44.0 Å². The summed E-state index contributed by atoms with van der Waals surface area (Å²) in [4.78, 5) is 28.5. The number of halogens is 1. The molecule has 0 unspecified atom stereocenters. The molecule has 1 fully saturated rings. The fourth-order valence-corrected chi connectivity index (χ4v) is 7.09. The second-order valence-electron chi connectivity index (χ2n) is 8.13. The number of nitrogens with two attached hydrogens (primary N) is 1. The zero-order valence-electron chi connectivity index (χ0n) is 18.5. The van der Waals surface area contributed by atoms with Crippen LogP contribution in [-0.4, -0.2) is 55.6 Å². The van der Waals surface area contributed by atoms with Gasteiger partial charge in [0.1, 0.15) is 5.00 Å². The van der Waals surface area contributed by atoms with Crippen LogP contribution in [0.1, 0.15) is 57.3 Å². The maximum absolute atomic E-state index is 12.9. The quantitative estimate of drug-likeness (QED) is 0.617. The highest BCUT2D eigenvalue weighted by Gasteiger charge is 2.28. The Labute approximate surface area is 204 Å². The first-order chi connectivity index (χ1) is 15.3. The first-order valence-corrected chi connectivity index (χ1v) is 13.1. The number of sulfonamides is 1. The van der Waals surface area contributed by atoms with Gasteiger partial charge in [0.25, 0.3) is 11.8 Å². The molecule has 2 amide bonds. The molecule has 1 saturated heterocycles. The Morgan fingerprint density at radius 1 is 1.09 bits per heavy atom. The van der Waals surface area contributed by atoms with Crippen molar-refractivity contribution >= 4 is 50.6 Å². The number of nitrogens with zero attached hydrogens (tertiary/aromatic N) is 2. The fourth-order valence-electron chi connectivity index (χ4n) is 4.28. The molecule has 4 rings (SSSR count). The van der Waals surface area contributed by atoms with Crippen LogP contribution in [0.2, 0.25) is 0 Å². The normalized spacial score (nSPS) is 17.1. The molecule has 0 aliphatic carbocycles. The van der Waals surface area contributed by atoms with E-state index in [2.05, 4.69) is 17.1 Å². The van der Waals surface area contributed by atoms with Crippen molar-refractivity contribution < 1.29 is 18.0 Å². The first kappa shape index (κ1) is 25.6. The van der Waals surface area contributed by atoms with Crippen LogP contribution < -0.4 is 11.1 Å². The highest BCUT2D eigenvalue weighted by molar-refractivity contribution is 7.89. The number of carbonyl (C=O) groups is 2. The molecule has 8 nitrogen and oxygen atoms in total. The molecule has 2 aliphatic heterocycles. The topological polar surface area (TPSA) is 113 Å². The lowest BCUT2D eigenvalue weighted by Crippen LogP contribution is -2.35. The van der Waals surface area contributed by atoms with Crippen molar-refractivity contribution in [1.82, 2.24) is 9.21 Å². The Hall–Kier alpha value is -1.98. The average Bonchev–Trinajstić information content (AvgIpc) is 3.16. The molecule has 3 N–H and O–H groups in total. The minimum atomic E-state index is -3.55. The Bertz CT molecular complexity index is 1130. The van der Waals surface area contributed by atoms with Crippen LogP contribution in [0.25, 0.3) is 0 Å². The number of nitrogens with one attached hydrogen (secondary N) is 1. The number of benzene rings is 1. The number of rotatable bonds is 6. The second-order valence-corrected chi connectivity index (χ2v) is 11.2. The van der Waals surface area contributed by atoms with E-state index in [1.165, 1.54) is 39.9 Å². The number of piperidine rings is 1. The number of fused-ring (bicyclic) bond motifs is 1. The molecule has 0 atom stereocenters. The van der Waals surface area contributed by atoms with Crippen molar-refractivity contribution in [2.75, 3.05) is 31.5 Å². The minimum absolute atomic E-state index is 0. The van der Waals surface area contributed by atoms with Gasteiger partial charge in [0.2, 0.25) is 10.0 Å². The Morgan fingerprint density at radius 3 is 2.36 bits per heavy atom. The van der Waals surface area contributed by atoms with Crippen LogP contribution in [0.3, 0.4) is 0 Å². The third kappa shape index (κ3) is 5.25. The molecule has 2 aliphatic rings. The van der Waals surface area contributed by atoms with E-state index >= 15 is 0 Å². The van der Waals surface area contributed by atoms with E-state index in [4.69, 9.17) is 5.73 Å². The summed E-state index contributed by atoms with van der Waals surface area (Å²) in [6, 6.07) is 5.93. The van der Waals surface area contributed by atoms with Crippen molar-refractivity contribution in [2.24, 2.45) is 5.73 Å². The van der Waals surface area contributed by atoms with E-state index in [9.17, 15) is 18.0 Å². The molecule has 1 aromatic carbocycles. The van der Waals surface area contributed by atoms with Gasteiger partial charge in [0, 0.05) is 36.6 Å². The van der Waals surface area contributed by atoms with Gasteiger partial charge in [-0.05, 0) is 55.6 Å². The fraction of sp³-hybridized carbons (Fsp3) is 0.455. The predicted molar refractivity (Wildman–Crippen MR) is 132 cm³/mol. The number of primary amides is 1. The van der Waals surface area contributed by atoms with Gasteiger partial charge in [-0.2, -0.15) is 4.31 Å². The minimum Gasteiger partial charge on any atom is -0.365 e. The van der Waals surface area contributed by atoms with Crippen molar-refractivity contribution in [3.05, 3.63) is 45.8 Å². The van der Waals surface area contributed by atoms with Crippen molar-refractivity contribution in [3.8, 4) is 0 Å². The summed E-state index contributed by atoms with van der Waals surface area (Å²) >= 11 is 1.38. The number of hydrogen-bond donors (Lipinski definition) is 2. The van der Waals surface area contributed by atoms with E-state index in [1.54, 1.807) is 0 Å². The van der Waals surface area contributed by atoms with E-state index in [0.717, 1.165) is 55.8 Å². The third-order valence-corrected chi connectivity index (χ3v) is 9.17. The van der Waals surface area contributed by atoms with Crippen molar-refractivity contribution in [1.29, 1.82) is 0 Å². The maximum atomic E-state index is 12.9. The molecule has 2 aromatic rings. The molecule has 0 radical (unpaired) electrons. The molecule has 180 valence electrons. The number of amides is 2. The summed E-state index contributed by atoms with van der Waals surface area (Å²) in [5.41, 5.74) is 7.26. The van der Waals surface area contributed by atoms with Gasteiger partial charge in [-0.3, -0.25) is 14.5 Å². The molecular formula is C22H29ClN4O4S2.